The largest absolute Gasteiger partial charge is 0.464 e. The number of carboxylic acid groups (broad SMARTS) is 1. The molecule has 8 atom stereocenters. The van der Waals surface area contributed by atoms with Crippen LogP contribution in [0.15, 0.2) is 30.5 Å². The van der Waals surface area contributed by atoms with Crippen molar-refractivity contribution in [1.29, 1.82) is 0 Å². The molecule has 0 spiro atoms. The van der Waals surface area contributed by atoms with Crippen LogP contribution in [0.5, 0.6) is 0 Å². The molecule has 9 heteroatoms. The lowest BCUT2D eigenvalue weighted by molar-refractivity contribution is -0.0753. The fourth-order valence-corrected chi connectivity index (χ4v) is 7.06. The van der Waals surface area contributed by atoms with Crippen LogP contribution in [0.25, 0.3) is 10.9 Å². The Morgan fingerprint density at radius 3 is 2.66 bits per heavy atom. The highest BCUT2D eigenvalue weighted by Crippen LogP contribution is 2.43. The Balaban J connectivity index is 1.47. The van der Waals surface area contributed by atoms with Crippen molar-refractivity contribution < 1.29 is 30.3 Å². The summed E-state index contributed by atoms with van der Waals surface area (Å²) in [5, 5.41) is 54.0. The van der Waals surface area contributed by atoms with Gasteiger partial charge >= 0.3 is 6.09 Å². The number of hydrogen-bond donors (Lipinski definition) is 6. The summed E-state index contributed by atoms with van der Waals surface area (Å²) in [6.07, 6.45) is 0.720. The Morgan fingerprint density at radius 2 is 1.94 bits per heavy atom. The number of para-hydroxylation sites is 1. The Morgan fingerprint density at radius 1 is 1.19 bits per heavy atom. The van der Waals surface area contributed by atoms with E-state index in [0.29, 0.717) is 11.9 Å². The third kappa shape index (κ3) is 4.42. The second-order valence-corrected chi connectivity index (χ2v) is 10.5. The lowest BCUT2D eigenvalue weighted by Crippen LogP contribution is -2.57. The van der Waals surface area contributed by atoms with Gasteiger partial charge in [-0.1, -0.05) is 24.6 Å². The number of nitrogens with one attached hydrogen (secondary N) is 1. The molecule has 1 saturated carbocycles. The number of thioether (sulfide) groups is 1. The SMILES string of the molecule is C[C@H](Cc1cn(C(=O)O)c2ccccc12)NC1CCCC1[C@@H]1S[C@H](CO)[C@H](O)[C@H](O)[C@H]1O. The predicted molar refractivity (Wildman–Crippen MR) is 123 cm³/mol. The van der Waals surface area contributed by atoms with Crippen molar-refractivity contribution in [2.45, 2.75) is 73.5 Å². The van der Waals surface area contributed by atoms with Crippen LogP contribution in [0.2, 0.25) is 0 Å². The van der Waals surface area contributed by atoms with E-state index in [2.05, 4.69) is 12.2 Å². The monoisotopic (exact) mass is 464 g/mol. The van der Waals surface area contributed by atoms with Crippen LogP contribution in [0.4, 0.5) is 4.79 Å². The summed E-state index contributed by atoms with van der Waals surface area (Å²) < 4.78 is 1.26. The maximum Gasteiger partial charge on any atom is 0.416 e. The Hall–Kier alpha value is -1.62. The first-order valence-electron chi connectivity index (χ1n) is 11.2. The number of aromatic nitrogens is 1. The van der Waals surface area contributed by atoms with Gasteiger partial charge in [0.15, 0.2) is 0 Å². The van der Waals surface area contributed by atoms with Gasteiger partial charge in [0.1, 0.15) is 6.10 Å². The lowest BCUT2D eigenvalue weighted by Gasteiger charge is -2.43. The molecule has 1 aliphatic heterocycles. The third-order valence-electron chi connectivity index (χ3n) is 6.95. The van der Waals surface area contributed by atoms with Gasteiger partial charge in [-0.05, 0) is 43.7 Å². The molecule has 2 unspecified atom stereocenters. The first-order chi connectivity index (χ1) is 15.3. The van der Waals surface area contributed by atoms with Gasteiger partial charge in [-0.15, -0.1) is 11.8 Å². The smallest absolute Gasteiger partial charge is 0.416 e. The summed E-state index contributed by atoms with van der Waals surface area (Å²) in [5.41, 5.74) is 1.63. The van der Waals surface area contributed by atoms with Gasteiger partial charge in [-0.3, -0.25) is 4.57 Å². The molecule has 1 saturated heterocycles. The molecule has 0 bridgehead atoms. The van der Waals surface area contributed by atoms with Crippen molar-refractivity contribution in [3.05, 3.63) is 36.0 Å². The fourth-order valence-electron chi connectivity index (χ4n) is 5.40. The minimum Gasteiger partial charge on any atom is -0.464 e. The fraction of sp³-hybridized carbons (Fsp3) is 0.609. The van der Waals surface area contributed by atoms with Crippen LogP contribution in [0, 0.1) is 5.92 Å². The van der Waals surface area contributed by atoms with Crippen LogP contribution < -0.4 is 5.32 Å². The molecule has 0 amide bonds. The van der Waals surface area contributed by atoms with Gasteiger partial charge < -0.3 is 30.8 Å². The Bertz CT molecular complexity index is 950. The summed E-state index contributed by atoms with van der Waals surface area (Å²) in [7, 11) is 0. The van der Waals surface area contributed by atoms with E-state index in [-0.39, 0.29) is 29.9 Å². The molecule has 4 rings (SSSR count). The molecule has 8 nitrogen and oxygen atoms in total. The van der Waals surface area contributed by atoms with Gasteiger partial charge in [-0.2, -0.15) is 0 Å². The summed E-state index contributed by atoms with van der Waals surface area (Å²) in [6, 6.07) is 7.68. The van der Waals surface area contributed by atoms with E-state index in [1.807, 2.05) is 18.2 Å². The van der Waals surface area contributed by atoms with Gasteiger partial charge in [0.2, 0.25) is 0 Å². The van der Waals surface area contributed by atoms with Crippen LogP contribution in [-0.2, 0) is 6.42 Å². The standard InChI is InChI=1S/C23H32N2O6S/c1-12(9-13-10-25(23(30)31)17-8-3-2-5-14(13)17)24-16-7-4-6-15(16)22-21(29)20(28)19(27)18(11-26)32-22/h2-3,5,8,10,12,15-16,18-22,24,26-29H,4,6-7,9,11H2,1H3,(H,30,31)/t12-,15?,16?,18-,19+,20+,21-,22+/m1/s1. The Labute approximate surface area is 191 Å². The maximum absolute atomic E-state index is 11.6. The van der Waals surface area contributed by atoms with Gasteiger partial charge in [-0.25, -0.2) is 4.79 Å². The maximum atomic E-state index is 11.6. The van der Waals surface area contributed by atoms with E-state index in [0.717, 1.165) is 30.2 Å². The van der Waals surface area contributed by atoms with Crippen molar-refractivity contribution in [2.75, 3.05) is 6.61 Å². The number of fused-ring (bicyclic) bond motifs is 1. The molecule has 2 aliphatic rings. The van der Waals surface area contributed by atoms with Crippen LogP contribution >= 0.6 is 11.8 Å². The van der Waals surface area contributed by atoms with Crippen LogP contribution in [0.3, 0.4) is 0 Å². The molecule has 2 aromatic rings. The molecular formula is C23H32N2O6S. The highest BCUT2D eigenvalue weighted by Gasteiger charge is 2.48. The van der Waals surface area contributed by atoms with E-state index in [1.165, 1.54) is 16.3 Å². The Kier molecular flexibility index (Phi) is 7.14. The second kappa shape index (κ2) is 9.70. The number of nitrogens with zero attached hydrogens (tertiary/aromatic N) is 1. The van der Waals surface area contributed by atoms with Crippen molar-refractivity contribution in [2.24, 2.45) is 5.92 Å². The molecule has 1 aromatic heterocycles. The molecule has 32 heavy (non-hydrogen) atoms. The van der Waals surface area contributed by atoms with E-state index < -0.39 is 29.7 Å². The molecule has 0 radical (unpaired) electrons. The predicted octanol–water partition coefficient (Wildman–Crippen LogP) is 1.42. The molecule has 1 aromatic carbocycles. The van der Waals surface area contributed by atoms with Crippen molar-refractivity contribution in [1.82, 2.24) is 9.88 Å². The second-order valence-electron chi connectivity index (χ2n) is 9.09. The molecule has 6 N–H and O–H groups in total. The normalized spacial score (nSPS) is 34.1. The van der Waals surface area contributed by atoms with E-state index in [9.17, 15) is 30.3 Å². The minimum absolute atomic E-state index is 0.0727. The number of aliphatic hydroxyl groups excluding tert-OH is 4. The van der Waals surface area contributed by atoms with Gasteiger partial charge in [0.25, 0.3) is 0 Å². The number of hydrogen-bond acceptors (Lipinski definition) is 7. The van der Waals surface area contributed by atoms with Crippen LogP contribution in [0.1, 0.15) is 31.7 Å². The average molecular weight is 465 g/mol. The minimum atomic E-state index is -1.26. The van der Waals surface area contributed by atoms with E-state index in [4.69, 9.17) is 0 Å². The zero-order valence-electron chi connectivity index (χ0n) is 18.0. The molecule has 176 valence electrons. The lowest BCUT2D eigenvalue weighted by atomic mass is 9.89. The van der Waals surface area contributed by atoms with Gasteiger partial charge in [0.05, 0.1) is 29.6 Å². The summed E-state index contributed by atoms with van der Waals surface area (Å²) in [6.45, 7) is 1.82. The van der Waals surface area contributed by atoms with Crippen molar-refractivity contribution >= 4 is 28.8 Å². The zero-order chi connectivity index (χ0) is 23.0. The average Bonchev–Trinajstić information content (AvgIpc) is 3.37. The summed E-state index contributed by atoms with van der Waals surface area (Å²) >= 11 is 1.37. The highest BCUT2D eigenvalue weighted by molar-refractivity contribution is 8.00. The van der Waals surface area contributed by atoms with Crippen molar-refractivity contribution in [3.63, 3.8) is 0 Å². The van der Waals surface area contributed by atoms with E-state index in [1.54, 1.807) is 12.3 Å². The quantitative estimate of drug-likeness (QED) is 0.378. The number of rotatable bonds is 6. The number of aliphatic hydroxyl groups is 4. The number of carbonyl (C=O) groups is 1. The first kappa shape index (κ1) is 23.5. The first-order valence-corrected chi connectivity index (χ1v) is 12.1. The molecule has 1 aliphatic carbocycles. The zero-order valence-corrected chi connectivity index (χ0v) is 18.9. The third-order valence-corrected chi connectivity index (χ3v) is 8.67. The van der Waals surface area contributed by atoms with Gasteiger partial charge in [0, 0.05) is 28.9 Å². The van der Waals surface area contributed by atoms with E-state index >= 15 is 0 Å². The van der Waals surface area contributed by atoms with Crippen molar-refractivity contribution in [3.8, 4) is 0 Å². The van der Waals surface area contributed by atoms with Crippen LogP contribution in [-0.4, -0.2) is 83.7 Å². The molecule has 2 fully saturated rings. The molecular weight excluding hydrogens is 432 g/mol. The summed E-state index contributed by atoms with van der Waals surface area (Å²) in [4.78, 5) is 11.6. The number of benzene rings is 1. The summed E-state index contributed by atoms with van der Waals surface area (Å²) in [5.74, 6) is 0.106. The molecule has 2 heterocycles. The topological polar surface area (TPSA) is 135 Å². The highest BCUT2D eigenvalue weighted by atomic mass is 32.2.